The quantitative estimate of drug-likeness (QED) is 0.774. The standard InChI is InChI=1S/C11H13FN2S/c1-6-4-10(6)14-9-3-2-7(11(13)15)5-8(9)12/h2-3,5-6,10,14H,4H2,1H3,(H2,13,15). The second-order valence-electron chi connectivity index (χ2n) is 4.02. The van der Waals surface area contributed by atoms with Crippen molar-refractivity contribution in [1.29, 1.82) is 0 Å². The predicted molar refractivity (Wildman–Crippen MR) is 63.5 cm³/mol. The van der Waals surface area contributed by atoms with Crippen LogP contribution in [0.3, 0.4) is 0 Å². The monoisotopic (exact) mass is 224 g/mol. The highest BCUT2D eigenvalue weighted by Gasteiger charge is 2.32. The fourth-order valence-corrected chi connectivity index (χ4v) is 1.64. The molecule has 80 valence electrons. The van der Waals surface area contributed by atoms with Crippen molar-refractivity contribution in [2.24, 2.45) is 11.7 Å². The van der Waals surface area contributed by atoms with Gasteiger partial charge in [0.05, 0.1) is 5.69 Å². The Labute approximate surface area is 93.7 Å². The van der Waals surface area contributed by atoms with Gasteiger partial charge < -0.3 is 11.1 Å². The van der Waals surface area contributed by atoms with Gasteiger partial charge in [-0.25, -0.2) is 4.39 Å². The first kappa shape index (κ1) is 10.4. The number of halogens is 1. The predicted octanol–water partition coefficient (Wildman–Crippen LogP) is 2.28. The fraction of sp³-hybridized carbons (Fsp3) is 0.364. The number of nitrogens with two attached hydrogens (primary N) is 1. The van der Waals surface area contributed by atoms with Gasteiger partial charge in [0.15, 0.2) is 0 Å². The lowest BCUT2D eigenvalue weighted by molar-refractivity contribution is 0.629. The highest BCUT2D eigenvalue weighted by molar-refractivity contribution is 7.80. The summed E-state index contributed by atoms with van der Waals surface area (Å²) in [4.78, 5) is 0.222. The molecule has 0 amide bonds. The van der Waals surface area contributed by atoms with Crippen molar-refractivity contribution >= 4 is 22.9 Å². The van der Waals surface area contributed by atoms with Gasteiger partial charge in [0.2, 0.25) is 0 Å². The molecular formula is C11H13FN2S. The van der Waals surface area contributed by atoms with Crippen LogP contribution in [0.5, 0.6) is 0 Å². The Bertz CT molecular complexity index is 406. The van der Waals surface area contributed by atoms with E-state index in [1.807, 2.05) is 0 Å². The Morgan fingerprint density at radius 1 is 1.60 bits per heavy atom. The lowest BCUT2D eigenvalue weighted by atomic mass is 10.2. The van der Waals surface area contributed by atoms with Crippen molar-refractivity contribution in [2.45, 2.75) is 19.4 Å². The van der Waals surface area contributed by atoms with Crippen LogP contribution in [0.2, 0.25) is 0 Å². The first-order chi connectivity index (χ1) is 7.08. The van der Waals surface area contributed by atoms with E-state index in [1.54, 1.807) is 12.1 Å². The van der Waals surface area contributed by atoms with E-state index in [-0.39, 0.29) is 10.8 Å². The first-order valence-corrected chi connectivity index (χ1v) is 5.34. The molecule has 1 fully saturated rings. The van der Waals surface area contributed by atoms with E-state index in [2.05, 4.69) is 12.2 Å². The maximum atomic E-state index is 13.5. The Morgan fingerprint density at radius 3 is 2.73 bits per heavy atom. The number of rotatable bonds is 3. The normalized spacial score (nSPS) is 23.6. The second-order valence-corrected chi connectivity index (χ2v) is 4.46. The van der Waals surface area contributed by atoms with Crippen molar-refractivity contribution in [3.8, 4) is 0 Å². The van der Waals surface area contributed by atoms with E-state index >= 15 is 0 Å². The molecule has 1 aromatic rings. The van der Waals surface area contributed by atoms with Crippen molar-refractivity contribution in [2.75, 3.05) is 5.32 Å². The molecule has 4 heteroatoms. The molecule has 2 rings (SSSR count). The molecule has 0 saturated heterocycles. The first-order valence-electron chi connectivity index (χ1n) is 4.94. The van der Waals surface area contributed by atoms with Crippen molar-refractivity contribution in [1.82, 2.24) is 0 Å². The van der Waals surface area contributed by atoms with Gasteiger partial charge in [-0.1, -0.05) is 19.1 Å². The smallest absolute Gasteiger partial charge is 0.146 e. The third-order valence-electron chi connectivity index (χ3n) is 2.70. The summed E-state index contributed by atoms with van der Waals surface area (Å²) in [7, 11) is 0. The highest BCUT2D eigenvalue weighted by atomic mass is 32.1. The molecule has 2 nitrogen and oxygen atoms in total. The van der Waals surface area contributed by atoms with Gasteiger partial charge in [-0.15, -0.1) is 0 Å². The molecule has 3 N–H and O–H groups in total. The SMILES string of the molecule is CC1CC1Nc1ccc(C(N)=S)cc1F. The largest absolute Gasteiger partial charge is 0.389 e. The summed E-state index contributed by atoms with van der Waals surface area (Å²) in [6, 6.07) is 5.21. The fourth-order valence-electron chi connectivity index (χ4n) is 1.51. The highest BCUT2D eigenvalue weighted by Crippen LogP contribution is 2.33. The maximum absolute atomic E-state index is 13.5. The summed E-state index contributed by atoms with van der Waals surface area (Å²) in [6.07, 6.45) is 1.11. The van der Waals surface area contributed by atoms with Gasteiger partial charge in [-0.05, 0) is 30.5 Å². The number of benzene rings is 1. The summed E-state index contributed by atoms with van der Waals surface area (Å²) >= 11 is 4.77. The molecule has 0 heterocycles. The summed E-state index contributed by atoms with van der Waals surface area (Å²) < 4.78 is 13.5. The number of anilines is 1. The van der Waals surface area contributed by atoms with Crippen LogP contribution in [-0.4, -0.2) is 11.0 Å². The van der Waals surface area contributed by atoms with E-state index in [9.17, 15) is 4.39 Å². The number of hydrogen-bond donors (Lipinski definition) is 2. The minimum absolute atomic E-state index is 0.222. The van der Waals surface area contributed by atoms with Gasteiger partial charge in [0.25, 0.3) is 0 Å². The second kappa shape index (κ2) is 3.77. The average Bonchev–Trinajstić information content (AvgIpc) is 2.85. The molecule has 0 bridgehead atoms. The minimum Gasteiger partial charge on any atom is -0.389 e. The van der Waals surface area contributed by atoms with Gasteiger partial charge in [0.1, 0.15) is 10.8 Å². The summed E-state index contributed by atoms with van der Waals surface area (Å²) in [5, 5.41) is 3.14. The molecule has 1 aromatic carbocycles. The van der Waals surface area contributed by atoms with E-state index in [0.717, 1.165) is 6.42 Å². The van der Waals surface area contributed by atoms with Crippen LogP contribution in [0.4, 0.5) is 10.1 Å². The summed E-state index contributed by atoms with van der Waals surface area (Å²) in [6.45, 7) is 2.14. The molecule has 15 heavy (non-hydrogen) atoms. The van der Waals surface area contributed by atoms with E-state index in [1.165, 1.54) is 6.07 Å². The minimum atomic E-state index is -0.292. The number of nitrogens with one attached hydrogen (secondary N) is 1. The van der Waals surface area contributed by atoms with Crippen molar-refractivity contribution in [3.05, 3.63) is 29.6 Å². The van der Waals surface area contributed by atoms with Gasteiger partial charge in [0, 0.05) is 11.6 Å². The van der Waals surface area contributed by atoms with Crippen LogP contribution in [0.25, 0.3) is 0 Å². The van der Waals surface area contributed by atoms with E-state index in [0.29, 0.717) is 23.2 Å². The lowest BCUT2D eigenvalue weighted by Gasteiger charge is -2.07. The zero-order valence-electron chi connectivity index (χ0n) is 8.46. The van der Waals surface area contributed by atoms with Crippen molar-refractivity contribution < 1.29 is 4.39 Å². The zero-order chi connectivity index (χ0) is 11.0. The Kier molecular flexibility index (Phi) is 2.61. The molecule has 0 spiro atoms. The molecule has 1 aliphatic carbocycles. The van der Waals surface area contributed by atoms with Gasteiger partial charge >= 0.3 is 0 Å². The van der Waals surface area contributed by atoms with Crippen LogP contribution >= 0.6 is 12.2 Å². The van der Waals surface area contributed by atoms with Crippen LogP contribution in [-0.2, 0) is 0 Å². The third kappa shape index (κ3) is 2.26. The lowest BCUT2D eigenvalue weighted by Crippen LogP contribution is -2.11. The molecular weight excluding hydrogens is 211 g/mol. The molecule has 0 aliphatic heterocycles. The molecule has 2 atom stereocenters. The number of thiocarbonyl (C=S) groups is 1. The van der Waals surface area contributed by atoms with Crippen LogP contribution in [0.15, 0.2) is 18.2 Å². The van der Waals surface area contributed by atoms with Crippen molar-refractivity contribution in [3.63, 3.8) is 0 Å². The third-order valence-corrected chi connectivity index (χ3v) is 2.94. The average molecular weight is 224 g/mol. The van der Waals surface area contributed by atoms with E-state index in [4.69, 9.17) is 18.0 Å². The number of hydrogen-bond acceptors (Lipinski definition) is 2. The molecule has 1 aliphatic rings. The Hall–Kier alpha value is -1.16. The summed E-state index contributed by atoms with van der Waals surface area (Å²) in [5.74, 6) is 0.346. The van der Waals surface area contributed by atoms with Gasteiger partial charge in [-0.3, -0.25) is 0 Å². The Morgan fingerprint density at radius 2 is 2.27 bits per heavy atom. The molecule has 0 radical (unpaired) electrons. The molecule has 0 aromatic heterocycles. The van der Waals surface area contributed by atoms with Crippen LogP contribution in [0, 0.1) is 11.7 Å². The Balaban J connectivity index is 2.15. The molecule has 1 saturated carbocycles. The van der Waals surface area contributed by atoms with Gasteiger partial charge in [-0.2, -0.15) is 0 Å². The van der Waals surface area contributed by atoms with E-state index < -0.39 is 0 Å². The summed E-state index contributed by atoms with van der Waals surface area (Å²) in [5.41, 5.74) is 6.51. The van der Waals surface area contributed by atoms with Crippen LogP contribution < -0.4 is 11.1 Å². The maximum Gasteiger partial charge on any atom is 0.146 e. The van der Waals surface area contributed by atoms with Crippen LogP contribution in [0.1, 0.15) is 18.9 Å². The topological polar surface area (TPSA) is 38.0 Å². The zero-order valence-corrected chi connectivity index (χ0v) is 9.27. The molecule has 2 unspecified atom stereocenters.